The summed E-state index contributed by atoms with van der Waals surface area (Å²) in [6.45, 7) is 4.93. The Bertz CT molecular complexity index is 1570. The number of amides is 3. The van der Waals surface area contributed by atoms with Crippen LogP contribution in [0.2, 0.25) is 5.02 Å². The minimum atomic E-state index is -4.75. The van der Waals surface area contributed by atoms with Crippen molar-refractivity contribution in [3.63, 3.8) is 0 Å². The molecule has 2 N–H and O–H groups in total. The Labute approximate surface area is 250 Å². The molecule has 1 heterocycles. The van der Waals surface area contributed by atoms with Crippen LogP contribution in [0.5, 0.6) is 5.75 Å². The Morgan fingerprint density at radius 1 is 1.05 bits per heavy atom. The number of aromatic nitrogens is 1. The Morgan fingerprint density at radius 2 is 1.74 bits per heavy atom. The number of para-hydroxylation sites is 2. The summed E-state index contributed by atoms with van der Waals surface area (Å²) in [4.78, 5) is 41.9. The van der Waals surface area contributed by atoms with Crippen LogP contribution < -0.4 is 20.5 Å². The van der Waals surface area contributed by atoms with Gasteiger partial charge in [0.05, 0.1) is 30.3 Å². The zero-order valence-corrected chi connectivity index (χ0v) is 24.3. The van der Waals surface area contributed by atoms with Crippen molar-refractivity contribution >= 4 is 35.2 Å². The topological polar surface area (TPSA) is 134 Å². The number of hydrogen-bond acceptors (Lipinski definition) is 7. The maximum Gasteiger partial charge on any atom is 0.433 e. The van der Waals surface area contributed by atoms with Gasteiger partial charge in [0.2, 0.25) is 5.91 Å². The number of alkyl halides is 3. The van der Waals surface area contributed by atoms with E-state index < -0.39 is 35.4 Å². The van der Waals surface area contributed by atoms with E-state index in [4.69, 9.17) is 21.1 Å². The predicted molar refractivity (Wildman–Crippen MR) is 151 cm³/mol. The molecule has 226 valence electrons. The number of nitriles is 1. The van der Waals surface area contributed by atoms with Gasteiger partial charge in [-0.05, 0) is 57.2 Å². The van der Waals surface area contributed by atoms with Crippen molar-refractivity contribution in [3.8, 4) is 22.9 Å². The lowest BCUT2D eigenvalue weighted by Gasteiger charge is -2.21. The lowest BCUT2D eigenvalue weighted by Crippen LogP contribution is -2.44. The number of benzene rings is 2. The Morgan fingerprint density at radius 3 is 2.40 bits per heavy atom. The molecule has 0 aliphatic rings. The van der Waals surface area contributed by atoms with Crippen molar-refractivity contribution in [1.82, 2.24) is 15.8 Å². The quantitative estimate of drug-likeness (QED) is 0.316. The fourth-order valence-corrected chi connectivity index (χ4v) is 3.90. The lowest BCUT2D eigenvalue weighted by molar-refractivity contribution is -0.141. The van der Waals surface area contributed by atoms with Crippen molar-refractivity contribution in [2.24, 2.45) is 0 Å². The highest BCUT2D eigenvalue weighted by Crippen LogP contribution is 2.35. The Balaban J connectivity index is 1.74. The molecule has 0 saturated heterocycles. The maximum atomic E-state index is 13.4. The number of hydrazine groups is 1. The molecule has 1 aromatic heterocycles. The van der Waals surface area contributed by atoms with Crippen molar-refractivity contribution in [3.05, 3.63) is 76.6 Å². The Kier molecular flexibility index (Phi) is 10.2. The normalized spacial score (nSPS) is 11.2. The van der Waals surface area contributed by atoms with E-state index in [-0.39, 0.29) is 46.1 Å². The molecule has 0 fully saturated rings. The van der Waals surface area contributed by atoms with E-state index in [9.17, 15) is 32.8 Å². The second-order valence-electron chi connectivity index (χ2n) is 10.0. The first-order chi connectivity index (χ1) is 20.1. The van der Waals surface area contributed by atoms with E-state index in [0.29, 0.717) is 11.8 Å². The molecule has 0 bridgehead atoms. The molecular weight excluding hydrogens is 591 g/mol. The van der Waals surface area contributed by atoms with Crippen LogP contribution in [-0.4, -0.2) is 42.1 Å². The van der Waals surface area contributed by atoms with Gasteiger partial charge in [-0.2, -0.15) is 18.4 Å². The van der Waals surface area contributed by atoms with Crippen molar-refractivity contribution in [2.45, 2.75) is 39.0 Å². The average Bonchev–Trinajstić information content (AvgIpc) is 2.94. The first-order valence-electron chi connectivity index (χ1n) is 12.7. The molecule has 0 spiro atoms. The number of nitrogens with zero attached hydrogens (tertiary/aromatic N) is 3. The summed E-state index contributed by atoms with van der Waals surface area (Å²) >= 11 is 6.30. The van der Waals surface area contributed by atoms with Gasteiger partial charge in [0.1, 0.15) is 17.0 Å². The molecule has 2 aromatic carbocycles. The lowest BCUT2D eigenvalue weighted by atomic mass is 9.99. The monoisotopic (exact) mass is 617 g/mol. The second kappa shape index (κ2) is 13.4. The predicted octanol–water partition coefficient (Wildman–Crippen LogP) is 5.89. The van der Waals surface area contributed by atoms with E-state index in [0.717, 1.165) is 6.20 Å². The van der Waals surface area contributed by atoms with Gasteiger partial charge in [0.15, 0.2) is 0 Å². The first kappa shape index (κ1) is 32.7. The summed E-state index contributed by atoms with van der Waals surface area (Å²) in [5.41, 5.74) is 2.71. The maximum absolute atomic E-state index is 13.4. The van der Waals surface area contributed by atoms with E-state index in [1.54, 1.807) is 51.1 Å². The third-order valence-corrected chi connectivity index (χ3v) is 5.97. The van der Waals surface area contributed by atoms with Crippen LogP contribution in [0.1, 0.15) is 48.8 Å². The van der Waals surface area contributed by atoms with Crippen LogP contribution in [0, 0.1) is 11.3 Å². The van der Waals surface area contributed by atoms with Crippen LogP contribution in [0.3, 0.4) is 0 Å². The van der Waals surface area contributed by atoms with E-state index in [2.05, 4.69) is 15.8 Å². The van der Waals surface area contributed by atoms with Gasteiger partial charge in [-0.15, -0.1) is 0 Å². The third-order valence-electron chi connectivity index (χ3n) is 5.64. The van der Waals surface area contributed by atoms with Gasteiger partial charge in [0.25, 0.3) is 5.91 Å². The number of rotatable bonds is 7. The number of nitrogens with one attached hydrogen (secondary N) is 2. The molecule has 0 saturated carbocycles. The van der Waals surface area contributed by atoms with E-state index in [1.807, 2.05) is 0 Å². The van der Waals surface area contributed by atoms with Gasteiger partial charge in [-0.3, -0.25) is 20.0 Å². The number of halogens is 4. The largest absolute Gasteiger partial charge is 0.491 e. The summed E-state index contributed by atoms with van der Waals surface area (Å²) in [6, 6.07) is 13.1. The number of ether oxygens (including phenoxy) is 2. The number of anilines is 1. The molecule has 0 aliphatic heterocycles. The van der Waals surface area contributed by atoms with Crippen LogP contribution >= 0.6 is 11.6 Å². The second-order valence-corrected chi connectivity index (χ2v) is 10.4. The van der Waals surface area contributed by atoms with Gasteiger partial charge in [-0.1, -0.05) is 23.7 Å². The summed E-state index contributed by atoms with van der Waals surface area (Å²) in [6.07, 6.45) is -4.81. The molecule has 10 nitrogen and oxygen atoms in total. The van der Waals surface area contributed by atoms with E-state index >= 15 is 0 Å². The van der Waals surface area contributed by atoms with Crippen molar-refractivity contribution < 1.29 is 37.0 Å². The van der Waals surface area contributed by atoms with Crippen molar-refractivity contribution in [1.29, 1.82) is 5.26 Å². The molecule has 0 aliphatic carbocycles. The highest BCUT2D eigenvalue weighted by molar-refractivity contribution is 6.33. The first-order valence-corrected chi connectivity index (χ1v) is 13.0. The molecule has 43 heavy (non-hydrogen) atoms. The third kappa shape index (κ3) is 8.83. The molecule has 3 rings (SSSR count). The van der Waals surface area contributed by atoms with Gasteiger partial charge in [0, 0.05) is 35.0 Å². The van der Waals surface area contributed by atoms with Gasteiger partial charge in [-0.25, -0.2) is 10.2 Å². The van der Waals surface area contributed by atoms with Gasteiger partial charge < -0.3 is 14.4 Å². The van der Waals surface area contributed by atoms with Crippen LogP contribution in [-0.2, 0) is 15.7 Å². The summed E-state index contributed by atoms with van der Waals surface area (Å²) < 4.78 is 50.1. The number of carbonyl (C=O) groups excluding carboxylic acids is 3. The number of hydrogen-bond donors (Lipinski definition) is 2. The number of pyridine rings is 1. The Hall–Kier alpha value is -4.83. The smallest absolute Gasteiger partial charge is 0.433 e. The molecule has 0 atom stereocenters. The summed E-state index contributed by atoms with van der Waals surface area (Å²) in [5.74, 6) is -0.790. The highest BCUT2D eigenvalue weighted by atomic mass is 35.5. The van der Waals surface area contributed by atoms with E-state index in [1.165, 1.54) is 30.1 Å². The minimum Gasteiger partial charge on any atom is -0.491 e. The fraction of sp³-hybridized carbons (Fsp3) is 0.276. The average molecular weight is 618 g/mol. The number of carbonyl (C=O) groups is 3. The van der Waals surface area contributed by atoms with Crippen molar-refractivity contribution in [2.75, 3.05) is 18.6 Å². The minimum absolute atomic E-state index is 0.0287. The molecule has 14 heteroatoms. The zero-order chi connectivity index (χ0) is 31.9. The highest BCUT2D eigenvalue weighted by Gasteiger charge is 2.33. The zero-order valence-electron chi connectivity index (χ0n) is 23.5. The summed E-state index contributed by atoms with van der Waals surface area (Å²) in [7, 11) is 1.48. The molecule has 3 amide bonds. The van der Waals surface area contributed by atoms with Crippen LogP contribution in [0.4, 0.5) is 23.7 Å². The fourth-order valence-electron chi connectivity index (χ4n) is 3.68. The van der Waals surface area contributed by atoms with Crippen LogP contribution in [0.25, 0.3) is 11.1 Å². The standard InChI is InChI=1S/C29H27ClF3N5O5/c1-28(2,3)43-27(41)37-36-25(39)11-12-42-23-8-6-5-7-22(23)38(4)26(40)17-9-10-21(30)19(13-17)20-16-35-24(29(31,32)33)14-18(20)15-34/h5-10,13-14,16H,11-12H2,1-4H3,(H,36,39)(H,37,41). The molecule has 3 aromatic rings. The summed E-state index contributed by atoms with van der Waals surface area (Å²) in [5, 5.41) is 9.58. The molecule has 0 unspecified atom stereocenters. The van der Waals surface area contributed by atoms with Gasteiger partial charge >= 0.3 is 12.3 Å². The van der Waals surface area contributed by atoms with Crippen LogP contribution in [0.15, 0.2) is 54.7 Å². The SMILES string of the molecule is CN(C(=O)c1ccc(Cl)c(-c2cnc(C(F)(F)F)cc2C#N)c1)c1ccccc1OCCC(=O)NNC(=O)OC(C)(C)C. The molecule has 0 radical (unpaired) electrons. The molecular formula is C29H27ClF3N5O5.